The van der Waals surface area contributed by atoms with Crippen LogP contribution in [0.3, 0.4) is 0 Å². The molecule has 0 aromatic heterocycles. The second-order valence-corrected chi connectivity index (χ2v) is 5.35. The first-order valence-corrected chi connectivity index (χ1v) is 6.30. The summed E-state index contributed by atoms with van der Waals surface area (Å²) in [6, 6.07) is 3.71. The van der Waals surface area contributed by atoms with Gasteiger partial charge in [-0.1, -0.05) is 11.6 Å². The Hall–Kier alpha value is -1.13. The van der Waals surface area contributed by atoms with E-state index in [0.29, 0.717) is 10.6 Å². The van der Waals surface area contributed by atoms with E-state index < -0.39 is 5.82 Å². The smallest absolute Gasteiger partial charge is 0.225 e. The molecule has 2 atom stereocenters. The number of amides is 1. The normalized spacial score (nSPS) is 24.1. The molecule has 0 spiro atoms. The lowest BCUT2D eigenvalue weighted by molar-refractivity contribution is -0.130. The maximum Gasteiger partial charge on any atom is 0.225 e. The lowest BCUT2D eigenvalue weighted by atomic mass is 10.00. The molecule has 0 aliphatic carbocycles. The van der Waals surface area contributed by atoms with Crippen LogP contribution in [0, 0.1) is 5.82 Å². The number of benzene rings is 1. The number of nitrogens with zero attached hydrogens (tertiary/aromatic N) is 1. The van der Waals surface area contributed by atoms with Crippen LogP contribution in [0.2, 0.25) is 5.02 Å². The van der Waals surface area contributed by atoms with Crippen LogP contribution in [0.1, 0.15) is 31.9 Å². The second-order valence-electron chi connectivity index (χ2n) is 4.91. The number of halogens is 2. The van der Waals surface area contributed by atoms with Gasteiger partial charge in [-0.3, -0.25) is 4.79 Å². The van der Waals surface area contributed by atoms with Gasteiger partial charge in [0, 0.05) is 23.5 Å². The third-order valence-electron chi connectivity index (χ3n) is 3.19. The molecule has 1 fully saturated rings. The van der Waals surface area contributed by atoms with E-state index in [9.17, 15) is 9.18 Å². The Balaban J connectivity index is 2.43. The molecule has 1 aromatic rings. The zero-order valence-electron chi connectivity index (χ0n) is 10.4. The molecular weight excluding hydrogens is 255 g/mol. The average molecular weight is 271 g/mol. The van der Waals surface area contributed by atoms with Crippen molar-refractivity contribution in [3.05, 3.63) is 34.6 Å². The number of likely N-dealkylation sites (tertiary alicyclic amines) is 1. The van der Waals surface area contributed by atoms with Crippen LogP contribution in [0.25, 0.3) is 0 Å². The quantitative estimate of drug-likeness (QED) is 0.897. The number of nitrogens with two attached hydrogens (primary N) is 1. The number of carbonyl (C=O) groups excluding carboxylic acids is 1. The minimum atomic E-state index is -0.409. The van der Waals surface area contributed by atoms with Crippen LogP contribution in [0.5, 0.6) is 0 Å². The SMILES string of the molecule is CC(C)N1C(=O)CC(N)C1c1cc(F)cc(Cl)c1. The largest absolute Gasteiger partial charge is 0.332 e. The van der Waals surface area contributed by atoms with Crippen molar-refractivity contribution in [3.8, 4) is 0 Å². The van der Waals surface area contributed by atoms with Crippen molar-refractivity contribution in [2.45, 2.75) is 38.4 Å². The van der Waals surface area contributed by atoms with Crippen LogP contribution in [0.4, 0.5) is 4.39 Å². The van der Waals surface area contributed by atoms with Crippen molar-refractivity contribution in [1.29, 1.82) is 0 Å². The predicted octanol–water partition coefficient (Wildman–Crippen LogP) is 2.49. The number of carbonyl (C=O) groups is 1. The molecule has 1 aromatic carbocycles. The number of rotatable bonds is 2. The second kappa shape index (κ2) is 4.86. The zero-order valence-corrected chi connectivity index (χ0v) is 11.1. The van der Waals surface area contributed by atoms with Gasteiger partial charge in [0.15, 0.2) is 0 Å². The van der Waals surface area contributed by atoms with Gasteiger partial charge in [0.2, 0.25) is 5.91 Å². The summed E-state index contributed by atoms with van der Waals surface area (Å²) < 4.78 is 13.4. The predicted molar refractivity (Wildman–Crippen MR) is 68.7 cm³/mol. The summed E-state index contributed by atoms with van der Waals surface area (Å²) >= 11 is 5.86. The molecule has 3 nitrogen and oxygen atoms in total. The summed E-state index contributed by atoms with van der Waals surface area (Å²) in [6.07, 6.45) is 0.289. The summed E-state index contributed by atoms with van der Waals surface area (Å²) in [7, 11) is 0. The van der Waals surface area contributed by atoms with Gasteiger partial charge in [-0.25, -0.2) is 4.39 Å². The van der Waals surface area contributed by atoms with Crippen LogP contribution < -0.4 is 5.73 Å². The Morgan fingerprint density at radius 3 is 2.67 bits per heavy atom. The van der Waals surface area contributed by atoms with E-state index in [0.717, 1.165) is 0 Å². The summed E-state index contributed by atoms with van der Waals surface area (Å²) in [6.45, 7) is 3.84. The maximum atomic E-state index is 13.4. The molecular formula is C13H16ClFN2O. The fraction of sp³-hybridized carbons (Fsp3) is 0.462. The van der Waals surface area contributed by atoms with Crippen molar-refractivity contribution in [3.63, 3.8) is 0 Å². The molecule has 1 amide bonds. The molecule has 0 bridgehead atoms. The van der Waals surface area contributed by atoms with Gasteiger partial charge in [0.25, 0.3) is 0 Å². The highest BCUT2D eigenvalue weighted by Gasteiger charge is 2.40. The highest BCUT2D eigenvalue weighted by atomic mass is 35.5. The summed E-state index contributed by atoms with van der Waals surface area (Å²) in [4.78, 5) is 13.6. The standard InChI is InChI=1S/C13H16ClFN2O/c1-7(2)17-12(18)6-11(16)13(17)8-3-9(14)5-10(15)4-8/h3-5,7,11,13H,6,16H2,1-2H3. The Kier molecular flexibility index (Phi) is 3.59. The van der Waals surface area contributed by atoms with E-state index >= 15 is 0 Å². The first kappa shape index (κ1) is 13.3. The van der Waals surface area contributed by atoms with Gasteiger partial charge in [0.05, 0.1) is 6.04 Å². The van der Waals surface area contributed by atoms with Crippen molar-refractivity contribution < 1.29 is 9.18 Å². The van der Waals surface area contributed by atoms with Gasteiger partial charge < -0.3 is 10.6 Å². The number of hydrogen-bond acceptors (Lipinski definition) is 2. The third kappa shape index (κ3) is 2.35. The molecule has 2 unspecified atom stereocenters. The number of hydrogen-bond donors (Lipinski definition) is 1. The van der Waals surface area contributed by atoms with E-state index in [1.54, 1.807) is 11.0 Å². The van der Waals surface area contributed by atoms with Gasteiger partial charge in [0.1, 0.15) is 5.82 Å². The van der Waals surface area contributed by atoms with E-state index in [1.807, 2.05) is 13.8 Å². The third-order valence-corrected chi connectivity index (χ3v) is 3.40. The molecule has 1 heterocycles. The van der Waals surface area contributed by atoms with Crippen molar-refractivity contribution in [2.24, 2.45) is 5.73 Å². The highest BCUT2D eigenvalue weighted by Crippen LogP contribution is 2.35. The lowest BCUT2D eigenvalue weighted by Gasteiger charge is -2.30. The molecule has 1 aliphatic heterocycles. The van der Waals surface area contributed by atoms with Gasteiger partial charge >= 0.3 is 0 Å². The Labute approximate surface area is 111 Å². The van der Waals surface area contributed by atoms with Crippen molar-refractivity contribution >= 4 is 17.5 Å². The summed E-state index contributed by atoms with van der Waals surface area (Å²) in [5.41, 5.74) is 6.66. The zero-order chi connectivity index (χ0) is 13.4. The fourth-order valence-corrected chi connectivity index (χ4v) is 2.77. The Morgan fingerprint density at radius 1 is 1.44 bits per heavy atom. The molecule has 1 saturated heterocycles. The van der Waals surface area contributed by atoms with Crippen LogP contribution in [-0.2, 0) is 4.79 Å². The van der Waals surface area contributed by atoms with E-state index in [4.69, 9.17) is 17.3 Å². The Morgan fingerprint density at radius 2 is 2.11 bits per heavy atom. The van der Waals surface area contributed by atoms with Crippen molar-refractivity contribution in [2.75, 3.05) is 0 Å². The lowest BCUT2D eigenvalue weighted by Crippen LogP contribution is -2.37. The topological polar surface area (TPSA) is 46.3 Å². The van der Waals surface area contributed by atoms with Crippen LogP contribution >= 0.6 is 11.6 Å². The van der Waals surface area contributed by atoms with E-state index in [-0.39, 0.29) is 30.5 Å². The van der Waals surface area contributed by atoms with Gasteiger partial charge in [-0.2, -0.15) is 0 Å². The minimum Gasteiger partial charge on any atom is -0.332 e. The van der Waals surface area contributed by atoms with Crippen LogP contribution in [0.15, 0.2) is 18.2 Å². The van der Waals surface area contributed by atoms with Gasteiger partial charge in [-0.15, -0.1) is 0 Å². The molecule has 0 radical (unpaired) electrons. The van der Waals surface area contributed by atoms with Crippen LogP contribution in [-0.4, -0.2) is 22.9 Å². The monoisotopic (exact) mass is 270 g/mol. The molecule has 2 N–H and O–H groups in total. The first-order chi connectivity index (χ1) is 8.40. The molecule has 98 valence electrons. The fourth-order valence-electron chi connectivity index (χ4n) is 2.54. The van der Waals surface area contributed by atoms with Crippen molar-refractivity contribution in [1.82, 2.24) is 4.90 Å². The highest BCUT2D eigenvalue weighted by molar-refractivity contribution is 6.30. The molecule has 0 saturated carbocycles. The molecule has 5 heteroatoms. The first-order valence-electron chi connectivity index (χ1n) is 5.93. The van der Waals surface area contributed by atoms with Gasteiger partial charge in [-0.05, 0) is 37.6 Å². The van der Waals surface area contributed by atoms with E-state index in [1.165, 1.54) is 12.1 Å². The summed E-state index contributed by atoms with van der Waals surface area (Å²) in [5, 5.41) is 0.320. The van der Waals surface area contributed by atoms with E-state index in [2.05, 4.69) is 0 Å². The molecule has 1 aliphatic rings. The molecule has 2 rings (SSSR count). The Bertz CT molecular complexity index is 458. The maximum absolute atomic E-state index is 13.4. The average Bonchev–Trinajstić information content (AvgIpc) is 2.51. The minimum absolute atomic E-state index is 0.00267. The molecule has 18 heavy (non-hydrogen) atoms. The summed E-state index contributed by atoms with van der Waals surface area (Å²) in [5.74, 6) is -0.407.